The van der Waals surface area contributed by atoms with Crippen LogP contribution in [-0.2, 0) is 11.2 Å². The summed E-state index contributed by atoms with van der Waals surface area (Å²) in [6.07, 6.45) is 6.23. The van der Waals surface area contributed by atoms with Crippen LogP contribution in [0.4, 0.5) is 4.39 Å². The van der Waals surface area contributed by atoms with Crippen LogP contribution in [0.15, 0.2) is 24.3 Å². The normalized spacial score (nSPS) is 30.1. The van der Waals surface area contributed by atoms with Gasteiger partial charge in [-0.3, -0.25) is 4.79 Å². The van der Waals surface area contributed by atoms with Crippen molar-refractivity contribution < 1.29 is 9.18 Å². The van der Waals surface area contributed by atoms with E-state index in [1.807, 2.05) is 13.0 Å². The zero-order chi connectivity index (χ0) is 16.4. The van der Waals surface area contributed by atoms with Gasteiger partial charge in [0.05, 0.1) is 0 Å². The highest BCUT2D eigenvalue weighted by molar-refractivity contribution is 5.85. The molecule has 3 N–H and O–H groups in total. The highest BCUT2D eigenvalue weighted by Crippen LogP contribution is 2.39. The van der Waals surface area contributed by atoms with Gasteiger partial charge in [-0.05, 0) is 61.6 Å². The molecule has 2 aliphatic rings. The molecule has 3 rings (SSSR count). The van der Waals surface area contributed by atoms with Crippen molar-refractivity contribution in [3.05, 3.63) is 35.6 Å². The fourth-order valence-corrected chi connectivity index (χ4v) is 4.44. The molecule has 0 radical (unpaired) electrons. The van der Waals surface area contributed by atoms with E-state index in [1.165, 1.54) is 31.4 Å². The standard InChI is InChI=1S/C19H27FN2O.ClH/c1-12(8-13-4-2-7-16(20)9-13)19(23)22-18-14-5-3-6-15(18)11-17(21)10-14;/h2,4,7,9,12,14-15,17-18H,3,5-6,8,10-11,21H2,1H3,(H,22,23);1H. The number of carbonyl (C=O) groups is 1. The third-order valence-corrected chi connectivity index (χ3v) is 5.56. The molecule has 0 aromatic heterocycles. The molecule has 0 heterocycles. The molecule has 0 spiro atoms. The number of carbonyl (C=O) groups excluding carboxylic acids is 1. The zero-order valence-electron chi connectivity index (χ0n) is 14.2. The molecule has 1 aromatic carbocycles. The minimum atomic E-state index is -0.245. The van der Waals surface area contributed by atoms with Crippen LogP contribution in [0.5, 0.6) is 0 Å². The molecule has 3 unspecified atom stereocenters. The highest BCUT2D eigenvalue weighted by atomic mass is 35.5. The van der Waals surface area contributed by atoms with E-state index in [1.54, 1.807) is 6.07 Å². The van der Waals surface area contributed by atoms with Crippen molar-refractivity contribution >= 4 is 18.3 Å². The van der Waals surface area contributed by atoms with Gasteiger partial charge in [0.1, 0.15) is 5.82 Å². The summed E-state index contributed by atoms with van der Waals surface area (Å²) in [5.74, 6) is 0.760. The van der Waals surface area contributed by atoms with Crippen molar-refractivity contribution in [2.75, 3.05) is 0 Å². The first-order chi connectivity index (χ1) is 11.0. The SMILES string of the molecule is CC(Cc1cccc(F)c1)C(=O)NC1C2CCCC1CC(N)C2.Cl. The van der Waals surface area contributed by atoms with Gasteiger partial charge >= 0.3 is 0 Å². The summed E-state index contributed by atoms with van der Waals surface area (Å²) in [5.41, 5.74) is 7.02. The number of benzene rings is 1. The molecular weight excluding hydrogens is 327 g/mol. The van der Waals surface area contributed by atoms with Gasteiger partial charge in [-0.15, -0.1) is 12.4 Å². The molecule has 0 aliphatic heterocycles. The maximum absolute atomic E-state index is 13.3. The molecule has 5 heteroatoms. The van der Waals surface area contributed by atoms with Crippen molar-refractivity contribution in [2.45, 2.75) is 57.5 Å². The number of fused-ring (bicyclic) bond motifs is 2. The summed E-state index contributed by atoms with van der Waals surface area (Å²) in [6.45, 7) is 1.92. The van der Waals surface area contributed by atoms with E-state index in [-0.39, 0.29) is 36.1 Å². The van der Waals surface area contributed by atoms with Gasteiger partial charge < -0.3 is 11.1 Å². The lowest BCUT2D eigenvalue weighted by molar-refractivity contribution is -0.126. The van der Waals surface area contributed by atoms with Gasteiger partial charge in [-0.2, -0.15) is 0 Å². The summed E-state index contributed by atoms with van der Waals surface area (Å²) in [5, 5.41) is 3.29. The summed E-state index contributed by atoms with van der Waals surface area (Å²) < 4.78 is 13.3. The van der Waals surface area contributed by atoms with Gasteiger partial charge in [0.2, 0.25) is 5.91 Å². The number of hydrogen-bond donors (Lipinski definition) is 2. The third kappa shape index (κ3) is 4.48. The van der Waals surface area contributed by atoms with Gasteiger partial charge in [-0.1, -0.05) is 25.5 Å². The van der Waals surface area contributed by atoms with Crippen LogP contribution in [-0.4, -0.2) is 18.0 Å². The van der Waals surface area contributed by atoms with Crippen molar-refractivity contribution in [1.29, 1.82) is 0 Å². The first kappa shape index (κ1) is 19.2. The fourth-order valence-electron chi connectivity index (χ4n) is 4.44. The van der Waals surface area contributed by atoms with Crippen LogP contribution >= 0.6 is 12.4 Å². The second kappa shape index (κ2) is 8.30. The van der Waals surface area contributed by atoms with E-state index >= 15 is 0 Å². The number of halogens is 2. The van der Waals surface area contributed by atoms with Gasteiger partial charge in [-0.25, -0.2) is 4.39 Å². The summed E-state index contributed by atoms with van der Waals surface area (Å²) in [4.78, 5) is 12.6. The maximum Gasteiger partial charge on any atom is 0.223 e. The topological polar surface area (TPSA) is 55.1 Å². The van der Waals surface area contributed by atoms with Crippen LogP contribution < -0.4 is 11.1 Å². The van der Waals surface area contributed by atoms with E-state index in [4.69, 9.17) is 5.73 Å². The Labute approximate surface area is 150 Å². The number of amides is 1. The second-order valence-electron chi connectivity index (χ2n) is 7.45. The monoisotopic (exact) mass is 354 g/mol. The maximum atomic E-state index is 13.3. The average Bonchev–Trinajstić information content (AvgIpc) is 2.48. The molecule has 2 aliphatic carbocycles. The number of nitrogens with one attached hydrogen (secondary N) is 1. The van der Waals surface area contributed by atoms with Crippen molar-refractivity contribution in [1.82, 2.24) is 5.32 Å². The lowest BCUT2D eigenvalue weighted by Crippen LogP contribution is -2.54. The lowest BCUT2D eigenvalue weighted by atomic mass is 9.67. The number of rotatable bonds is 4. The second-order valence-corrected chi connectivity index (χ2v) is 7.45. The summed E-state index contributed by atoms with van der Waals surface area (Å²) in [7, 11) is 0. The Morgan fingerprint density at radius 2 is 2.00 bits per heavy atom. The fraction of sp³-hybridized carbons (Fsp3) is 0.632. The Balaban J connectivity index is 0.00000208. The van der Waals surface area contributed by atoms with E-state index in [0.29, 0.717) is 24.3 Å². The first-order valence-electron chi connectivity index (χ1n) is 8.83. The van der Waals surface area contributed by atoms with E-state index < -0.39 is 0 Å². The molecule has 134 valence electrons. The third-order valence-electron chi connectivity index (χ3n) is 5.56. The van der Waals surface area contributed by atoms with Gasteiger partial charge in [0, 0.05) is 18.0 Å². The highest BCUT2D eigenvalue weighted by Gasteiger charge is 2.40. The van der Waals surface area contributed by atoms with Crippen molar-refractivity contribution in [3.8, 4) is 0 Å². The smallest absolute Gasteiger partial charge is 0.223 e. The minimum Gasteiger partial charge on any atom is -0.353 e. The Morgan fingerprint density at radius 1 is 1.33 bits per heavy atom. The minimum absolute atomic E-state index is 0. The van der Waals surface area contributed by atoms with Crippen LogP contribution in [0.25, 0.3) is 0 Å². The molecule has 2 fully saturated rings. The quantitative estimate of drug-likeness (QED) is 0.870. The number of nitrogens with two attached hydrogens (primary N) is 1. The Bertz CT molecular complexity index is 554. The predicted octanol–water partition coefficient (Wildman–Crippen LogP) is 3.45. The molecule has 24 heavy (non-hydrogen) atoms. The Hall–Kier alpha value is -1.13. The molecule has 1 aromatic rings. The predicted molar refractivity (Wildman–Crippen MR) is 96.5 cm³/mol. The van der Waals surface area contributed by atoms with E-state index in [9.17, 15) is 9.18 Å². The molecule has 2 saturated carbocycles. The van der Waals surface area contributed by atoms with Gasteiger partial charge in [0.25, 0.3) is 0 Å². The van der Waals surface area contributed by atoms with Crippen molar-refractivity contribution in [3.63, 3.8) is 0 Å². The molecular formula is C19H28ClFN2O. The van der Waals surface area contributed by atoms with Crippen LogP contribution in [0.1, 0.15) is 44.6 Å². The first-order valence-corrected chi connectivity index (χ1v) is 8.83. The molecule has 1 amide bonds. The zero-order valence-corrected chi connectivity index (χ0v) is 15.0. The molecule has 3 nitrogen and oxygen atoms in total. The largest absolute Gasteiger partial charge is 0.353 e. The van der Waals surface area contributed by atoms with Crippen LogP contribution in [0.2, 0.25) is 0 Å². The molecule has 3 atom stereocenters. The van der Waals surface area contributed by atoms with E-state index in [2.05, 4.69) is 5.32 Å². The molecule has 0 saturated heterocycles. The Kier molecular flexibility index (Phi) is 6.64. The Morgan fingerprint density at radius 3 is 2.62 bits per heavy atom. The summed E-state index contributed by atoms with van der Waals surface area (Å²) in [6, 6.07) is 7.09. The number of hydrogen-bond acceptors (Lipinski definition) is 2. The van der Waals surface area contributed by atoms with E-state index in [0.717, 1.165) is 18.4 Å². The molecule has 2 bridgehead atoms. The van der Waals surface area contributed by atoms with Crippen molar-refractivity contribution in [2.24, 2.45) is 23.5 Å². The average molecular weight is 355 g/mol. The van der Waals surface area contributed by atoms with Gasteiger partial charge in [0.15, 0.2) is 0 Å². The van der Waals surface area contributed by atoms with Crippen LogP contribution in [0, 0.1) is 23.6 Å². The lowest BCUT2D eigenvalue weighted by Gasteiger charge is -2.45. The summed E-state index contributed by atoms with van der Waals surface area (Å²) >= 11 is 0. The van der Waals surface area contributed by atoms with Crippen LogP contribution in [0.3, 0.4) is 0 Å².